The number of nitrogens with zero attached hydrogens (tertiary/aromatic N) is 3. The maximum atomic E-state index is 11.5. The van der Waals surface area contributed by atoms with Gasteiger partial charge in [-0.05, 0) is 19.8 Å². The summed E-state index contributed by atoms with van der Waals surface area (Å²) in [6, 6.07) is 0. The maximum absolute atomic E-state index is 11.5. The fraction of sp³-hybridized carbons (Fsp3) is 0.667. The zero-order chi connectivity index (χ0) is 15.4. The second kappa shape index (κ2) is 6.85. The minimum atomic E-state index is -1.01. The second-order valence-electron chi connectivity index (χ2n) is 5.60. The van der Waals surface area contributed by atoms with Crippen LogP contribution in [0.3, 0.4) is 0 Å². The Labute approximate surface area is 125 Å². The number of carbonyl (C=O) groups is 1. The summed E-state index contributed by atoms with van der Waals surface area (Å²) in [5, 5.41) is 9.43. The van der Waals surface area contributed by atoms with Crippen molar-refractivity contribution in [2.24, 2.45) is 0 Å². The number of hydrogen-bond donors (Lipinski definition) is 1. The van der Waals surface area contributed by atoms with Gasteiger partial charge >= 0.3 is 5.97 Å². The summed E-state index contributed by atoms with van der Waals surface area (Å²) in [5.41, 5.74) is 0.651. The van der Waals surface area contributed by atoms with Gasteiger partial charge in [0.1, 0.15) is 5.82 Å². The van der Waals surface area contributed by atoms with Gasteiger partial charge in [0.25, 0.3) is 0 Å². The molecule has 1 fully saturated rings. The molecule has 0 saturated carbocycles. The van der Waals surface area contributed by atoms with Crippen molar-refractivity contribution < 1.29 is 14.6 Å². The number of rotatable bonds is 6. The Kier molecular flexibility index (Phi) is 5.12. The number of hydrogen-bond acceptors (Lipinski definition) is 5. The largest absolute Gasteiger partial charge is 0.476 e. The van der Waals surface area contributed by atoms with Crippen LogP contribution in [0.2, 0.25) is 0 Å². The van der Waals surface area contributed by atoms with Crippen LogP contribution in [0.15, 0.2) is 6.20 Å². The Bertz CT molecular complexity index is 499. The van der Waals surface area contributed by atoms with E-state index in [0.717, 1.165) is 19.4 Å². The molecule has 21 heavy (non-hydrogen) atoms. The number of anilines is 1. The number of carboxylic acids is 1. The van der Waals surface area contributed by atoms with E-state index in [0.29, 0.717) is 24.6 Å². The van der Waals surface area contributed by atoms with Gasteiger partial charge in [0.15, 0.2) is 5.69 Å². The van der Waals surface area contributed by atoms with Crippen LogP contribution in [0.5, 0.6) is 0 Å². The van der Waals surface area contributed by atoms with Gasteiger partial charge in [-0.25, -0.2) is 14.8 Å². The summed E-state index contributed by atoms with van der Waals surface area (Å²) in [6.45, 7) is 8.06. The van der Waals surface area contributed by atoms with Crippen LogP contribution in [-0.2, 0) is 4.74 Å². The zero-order valence-corrected chi connectivity index (χ0v) is 12.9. The molecule has 1 aliphatic rings. The molecule has 1 N–H and O–H groups in total. The first-order chi connectivity index (χ1) is 10.0. The molecule has 1 aliphatic heterocycles. The summed E-state index contributed by atoms with van der Waals surface area (Å²) in [7, 11) is 0. The van der Waals surface area contributed by atoms with Crippen LogP contribution in [0.4, 0.5) is 5.69 Å². The first-order valence-electron chi connectivity index (χ1n) is 7.49. The Hall–Kier alpha value is -1.69. The van der Waals surface area contributed by atoms with Crippen molar-refractivity contribution in [2.45, 2.75) is 45.6 Å². The molecular formula is C15H23N3O3. The molecule has 0 bridgehead atoms. The second-order valence-corrected chi connectivity index (χ2v) is 5.60. The van der Waals surface area contributed by atoms with Crippen molar-refractivity contribution in [1.82, 2.24) is 9.97 Å². The van der Waals surface area contributed by atoms with Crippen LogP contribution >= 0.6 is 0 Å². The van der Waals surface area contributed by atoms with Crippen molar-refractivity contribution in [2.75, 3.05) is 24.6 Å². The number of aromatic carboxylic acids is 1. The molecule has 2 heterocycles. The zero-order valence-electron chi connectivity index (χ0n) is 12.9. The van der Waals surface area contributed by atoms with E-state index in [1.807, 2.05) is 25.7 Å². The highest BCUT2D eigenvalue weighted by atomic mass is 16.5. The fourth-order valence-corrected chi connectivity index (χ4v) is 2.49. The Morgan fingerprint density at radius 2 is 2.33 bits per heavy atom. The summed E-state index contributed by atoms with van der Waals surface area (Å²) in [6.07, 6.45) is 3.88. The van der Waals surface area contributed by atoms with Gasteiger partial charge in [0.2, 0.25) is 0 Å². The standard InChI is InChI=1S/C15H23N3O3/c1-4-18(9-11-6-5-7-21-11)12-8-16-14(10(2)3)17-13(12)15(19)20/h8,10-11H,4-7,9H2,1-3H3,(H,19,20). The highest BCUT2D eigenvalue weighted by Crippen LogP contribution is 2.23. The molecule has 6 nitrogen and oxygen atoms in total. The van der Waals surface area contributed by atoms with Gasteiger partial charge in [-0.3, -0.25) is 0 Å². The summed E-state index contributed by atoms with van der Waals surface area (Å²) >= 11 is 0. The van der Waals surface area contributed by atoms with Crippen molar-refractivity contribution in [3.63, 3.8) is 0 Å². The number of carboxylic acid groups (broad SMARTS) is 1. The molecule has 6 heteroatoms. The van der Waals surface area contributed by atoms with Crippen LogP contribution in [0, 0.1) is 0 Å². The highest BCUT2D eigenvalue weighted by Gasteiger charge is 2.23. The first kappa shape index (κ1) is 15.7. The van der Waals surface area contributed by atoms with E-state index in [-0.39, 0.29) is 17.7 Å². The molecule has 0 spiro atoms. The van der Waals surface area contributed by atoms with Crippen LogP contribution < -0.4 is 4.90 Å². The van der Waals surface area contributed by atoms with Gasteiger partial charge < -0.3 is 14.7 Å². The molecule has 0 radical (unpaired) electrons. The Morgan fingerprint density at radius 3 is 2.86 bits per heavy atom. The highest BCUT2D eigenvalue weighted by molar-refractivity contribution is 5.92. The molecule has 116 valence electrons. The Balaban J connectivity index is 2.28. The lowest BCUT2D eigenvalue weighted by molar-refractivity contribution is 0.0690. The lowest BCUT2D eigenvalue weighted by atomic mass is 10.2. The minimum absolute atomic E-state index is 0.0774. The van der Waals surface area contributed by atoms with Crippen LogP contribution in [-0.4, -0.2) is 46.8 Å². The van der Waals surface area contributed by atoms with Gasteiger partial charge in [0, 0.05) is 25.6 Å². The van der Waals surface area contributed by atoms with Gasteiger partial charge in [0.05, 0.1) is 18.0 Å². The predicted molar refractivity (Wildman–Crippen MR) is 79.9 cm³/mol. The molecule has 1 saturated heterocycles. The van der Waals surface area contributed by atoms with E-state index in [2.05, 4.69) is 9.97 Å². The molecule has 1 aromatic heterocycles. The van der Waals surface area contributed by atoms with Crippen LogP contribution in [0.1, 0.15) is 55.8 Å². The molecular weight excluding hydrogens is 270 g/mol. The minimum Gasteiger partial charge on any atom is -0.476 e. The molecule has 2 rings (SSSR count). The average Bonchev–Trinajstić information content (AvgIpc) is 2.97. The Morgan fingerprint density at radius 1 is 1.57 bits per heavy atom. The third-order valence-electron chi connectivity index (χ3n) is 3.68. The maximum Gasteiger partial charge on any atom is 0.356 e. The predicted octanol–water partition coefficient (Wildman–Crippen LogP) is 2.30. The molecule has 1 atom stereocenters. The third kappa shape index (κ3) is 3.69. The number of likely N-dealkylation sites (N-methyl/N-ethyl adjacent to an activating group) is 1. The van der Waals surface area contributed by atoms with E-state index in [9.17, 15) is 9.90 Å². The molecule has 0 aliphatic carbocycles. The van der Waals surface area contributed by atoms with E-state index in [1.54, 1.807) is 6.20 Å². The quantitative estimate of drug-likeness (QED) is 0.867. The SMILES string of the molecule is CCN(CC1CCCO1)c1cnc(C(C)C)nc1C(=O)O. The van der Waals surface area contributed by atoms with Crippen molar-refractivity contribution in [1.29, 1.82) is 0 Å². The molecule has 0 amide bonds. The lowest BCUT2D eigenvalue weighted by Crippen LogP contribution is -2.33. The molecule has 0 aromatic carbocycles. The average molecular weight is 293 g/mol. The summed E-state index contributed by atoms with van der Waals surface area (Å²) in [4.78, 5) is 22.0. The lowest BCUT2D eigenvalue weighted by Gasteiger charge is -2.26. The van der Waals surface area contributed by atoms with Crippen LogP contribution in [0.25, 0.3) is 0 Å². The van der Waals surface area contributed by atoms with E-state index < -0.39 is 5.97 Å². The monoisotopic (exact) mass is 293 g/mol. The molecule has 1 unspecified atom stereocenters. The summed E-state index contributed by atoms with van der Waals surface area (Å²) < 4.78 is 5.64. The van der Waals surface area contributed by atoms with Gasteiger partial charge in [-0.1, -0.05) is 13.8 Å². The topological polar surface area (TPSA) is 75.5 Å². The van der Waals surface area contributed by atoms with E-state index in [1.165, 1.54) is 0 Å². The van der Waals surface area contributed by atoms with Crippen molar-refractivity contribution in [3.05, 3.63) is 17.7 Å². The van der Waals surface area contributed by atoms with E-state index >= 15 is 0 Å². The van der Waals surface area contributed by atoms with Gasteiger partial charge in [-0.2, -0.15) is 0 Å². The first-order valence-corrected chi connectivity index (χ1v) is 7.49. The fourth-order valence-electron chi connectivity index (χ4n) is 2.49. The summed E-state index contributed by atoms with van der Waals surface area (Å²) in [5.74, 6) is -0.352. The van der Waals surface area contributed by atoms with Crippen molar-refractivity contribution in [3.8, 4) is 0 Å². The number of ether oxygens (including phenoxy) is 1. The number of aromatic nitrogens is 2. The van der Waals surface area contributed by atoms with Gasteiger partial charge in [-0.15, -0.1) is 0 Å². The van der Waals surface area contributed by atoms with E-state index in [4.69, 9.17) is 4.74 Å². The smallest absolute Gasteiger partial charge is 0.356 e. The van der Waals surface area contributed by atoms with Crippen molar-refractivity contribution >= 4 is 11.7 Å². The third-order valence-corrected chi connectivity index (χ3v) is 3.68. The normalized spacial score (nSPS) is 18.2. The molecule has 1 aromatic rings.